The molecule has 23 heavy (non-hydrogen) atoms. The average Bonchev–Trinajstić information content (AvgIpc) is 3.22. The van der Waals surface area contributed by atoms with Crippen LogP contribution >= 0.6 is 0 Å². The smallest absolute Gasteiger partial charge is 0.122 e. The van der Waals surface area contributed by atoms with Crippen LogP contribution in [0.4, 0.5) is 0 Å². The minimum atomic E-state index is 0.0862. The van der Waals surface area contributed by atoms with Crippen molar-refractivity contribution in [2.24, 2.45) is 0 Å². The maximum atomic E-state index is 5.67. The highest BCUT2D eigenvalue weighted by atomic mass is 16.3. The molecule has 1 atom stereocenters. The van der Waals surface area contributed by atoms with E-state index >= 15 is 0 Å². The number of nitrogens with zero attached hydrogens (tertiary/aromatic N) is 2. The van der Waals surface area contributed by atoms with E-state index < -0.39 is 0 Å². The summed E-state index contributed by atoms with van der Waals surface area (Å²) in [5, 5.41) is 11.0. The van der Waals surface area contributed by atoms with Gasteiger partial charge in [0.25, 0.3) is 0 Å². The number of likely N-dealkylation sites (tertiary alicyclic amines) is 1. The van der Waals surface area contributed by atoms with E-state index in [9.17, 15) is 0 Å². The standard InChI is InChI=1S/C18H28N4O/c1-18(2,3)17-14(12-20-21-17)11-19-13-15(16-7-6-10-23-16)22-8-4-5-9-22/h6-7,10,12,15,19H,4-5,8-9,11,13H2,1-3H3,(H,20,21). The monoisotopic (exact) mass is 316 g/mol. The third-order valence-electron chi connectivity index (χ3n) is 4.57. The van der Waals surface area contributed by atoms with Crippen LogP contribution in [0.5, 0.6) is 0 Å². The van der Waals surface area contributed by atoms with Crippen LogP contribution in [0, 0.1) is 0 Å². The van der Waals surface area contributed by atoms with Gasteiger partial charge in [-0.25, -0.2) is 0 Å². The first-order chi connectivity index (χ1) is 11.1. The first kappa shape index (κ1) is 16.3. The molecule has 0 saturated carbocycles. The number of furan rings is 1. The van der Waals surface area contributed by atoms with Crippen molar-refractivity contribution >= 4 is 0 Å². The Labute approximate surface area is 138 Å². The highest BCUT2D eigenvalue weighted by Gasteiger charge is 2.25. The summed E-state index contributed by atoms with van der Waals surface area (Å²) < 4.78 is 5.67. The molecule has 126 valence electrons. The van der Waals surface area contributed by atoms with E-state index in [2.05, 4.69) is 47.3 Å². The van der Waals surface area contributed by atoms with Crippen molar-refractivity contribution in [3.63, 3.8) is 0 Å². The second-order valence-corrected chi connectivity index (χ2v) is 7.43. The Morgan fingerprint density at radius 2 is 2.13 bits per heavy atom. The second-order valence-electron chi connectivity index (χ2n) is 7.43. The molecule has 3 rings (SSSR count). The van der Waals surface area contributed by atoms with Gasteiger partial charge in [-0.3, -0.25) is 10.00 Å². The van der Waals surface area contributed by atoms with E-state index in [0.717, 1.165) is 31.9 Å². The van der Waals surface area contributed by atoms with Gasteiger partial charge in [-0.15, -0.1) is 0 Å². The average molecular weight is 316 g/mol. The lowest BCUT2D eigenvalue weighted by Gasteiger charge is -2.26. The minimum absolute atomic E-state index is 0.0862. The zero-order valence-electron chi connectivity index (χ0n) is 14.4. The zero-order valence-corrected chi connectivity index (χ0v) is 14.4. The van der Waals surface area contributed by atoms with Gasteiger partial charge in [-0.1, -0.05) is 20.8 Å². The fourth-order valence-corrected chi connectivity index (χ4v) is 3.38. The number of aromatic amines is 1. The van der Waals surface area contributed by atoms with Crippen molar-refractivity contribution in [1.82, 2.24) is 20.4 Å². The molecule has 0 radical (unpaired) electrons. The molecular weight excluding hydrogens is 288 g/mol. The third kappa shape index (κ3) is 3.85. The summed E-state index contributed by atoms with van der Waals surface area (Å²) in [6, 6.07) is 4.38. The molecule has 2 N–H and O–H groups in total. The quantitative estimate of drug-likeness (QED) is 0.859. The van der Waals surface area contributed by atoms with Crippen LogP contribution in [0.2, 0.25) is 0 Å². The maximum absolute atomic E-state index is 5.67. The van der Waals surface area contributed by atoms with Crippen LogP contribution in [0.1, 0.15) is 56.7 Å². The van der Waals surface area contributed by atoms with E-state index in [1.807, 2.05) is 12.3 Å². The summed E-state index contributed by atoms with van der Waals surface area (Å²) in [4.78, 5) is 2.52. The van der Waals surface area contributed by atoms with E-state index in [-0.39, 0.29) is 5.41 Å². The Morgan fingerprint density at radius 1 is 1.35 bits per heavy atom. The third-order valence-corrected chi connectivity index (χ3v) is 4.57. The number of aromatic nitrogens is 2. The van der Waals surface area contributed by atoms with E-state index in [1.165, 1.54) is 24.1 Å². The number of H-pyrrole nitrogens is 1. The van der Waals surface area contributed by atoms with Crippen LogP contribution in [-0.4, -0.2) is 34.7 Å². The molecule has 1 aliphatic heterocycles. The molecule has 0 aromatic carbocycles. The lowest BCUT2D eigenvalue weighted by Crippen LogP contribution is -2.34. The molecule has 5 nitrogen and oxygen atoms in total. The number of nitrogens with one attached hydrogen (secondary N) is 2. The van der Waals surface area contributed by atoms with Crippen LogP contribution in [0.25, 0.3) is 0 Å². The lowest BCUT2D eigenvalue weighted by atomic mass is 9.89. The molecule has 2 aromatic heterocycles. The van der Waals surface area contributed by atoms with Crippen molar-refractivity contribution in [3.8, 4) is 0 Å². The van der Waals surface area contributed by atoms with Crippen molar-refractivity contribution in [2.75, 3.05) is 19.6 Å². The van der Waals surface area contributed by atoms with Crippen LogP contribution in [0.15, 0.2) is 29.0 Å². The Kier molecular flexibility index (Phi) is 4.87. The zero-order chi connectivity index (χ0) is 16.3. The molecular formula is C18H28N4O. The number of hydrogen-bond donors (Lipinski definition) is 2. The highest BCUT2D eigenvalue weighted by molar-refractivity contribution is 5.23. The van der Waals surface area contributed by atoms with Crippen molar-refractivity contribution in [1.29, 1.82) is 0 Å². The molecule has 0 aliphatic carbocycles. The number of rotatable bonds is 6. The highest BCUT2D eigenvalue weighted by Crippen LogP contribution is 2.26. The molecule has 2 aromatic rings. The largest absolute Gasteiger partial charge is 0.468 e. The normalized spacial score (nSPS) is 17.7. The first-order valence-corrected chi connectivity index (χ1v) is 8.56. The first-order valence-electron chi connectivity index (χ1n) is 8.56. The minimum Gasteiger partial charge on any atom is -0.468 e. The Morgan fingerprint density at radius 3 is 2.78 bits per heavy atom. The lowest BCUT2D eigenvalue weighted by molar-refractivity contribution is 0.209. The van der Waals surface area contributed by atoms with Crippen molar-refractivity contribution in [2.45, 2.75) is 51.6 Å². The van der Waals surface area contributed by atoms with Gasteiger partial charge in [0.15, 0.2) is 0 Å². The van der Waals surface area contributed by atoms with E-state index in [4.69, 9.17) is 4.42 Å². The summed E-state index contributed by atoms with van der Waals surface area (Å²) in [5.41, 5.74) is 2.54. The predicted octanol–water partition coefficient (Wildman–Crippen LogP) is 3.23. The fraction of sp³-hybridized carbons (Fsp3) is 0.611. The van der Waals surface area contributed by atoms with Gasteiger partial charge in [0.05, 0.1) is 18.5 Å². The molecule has 1 fully saturated rings. The summed E-state index contributed by atoms with van der Waals surface area (Å²) in [5.74, 6) is 1.06. The fourth-order valence-electron chi connectivity index (χ4n) is 3.38. The van der Waals surface area contributed by atoms with Gasteiger partial charge in [0.1, 0.15) is 5.76 Å². The molecule has 0 bridgehead atoms. The molecule has 5 heteroatoms. The van der Waals surface area contributed by atoms with Crippen molar-refractivity contribution in [3.05, 3.63) is 41.6 Å². The Bertz CT molecular complexity index is 591. The van der Waals surface area contributed by atoms with Gasteiger partial charge in [-0.05, 0) is 38.1 Å². The predicted molar refractivity (Wildman–Crippen MR) is 91.3 cm³/mol. The summed E-state index contributed by atoms with van der Waals surface area (Å²) in [6.07, 6.45) is 6.28. The molecule has 1 unspecified atom stereocenters. The van der Waals surface area contributed by atoms with Crippen LogP contribution in [0.3, 0.4) is 0 Å². The van der Waals surface area contributed by atoms with Crippen LogP contribution < -0.4 is 5.32 Å². The molecule has 3 heterocycles. The van der Waals surface area contributed by atoms with E-state index in [0.29, 0.717) is 6.04 Å². The maximum Gasteiger partial charge on any atom is 0.122 e. The summed E-state index contributed by atoms with van der Waals surface area (Å²) in [6.45, 7) is 10.7. The number of hydrogen-bond acceptors (Lipinski definition) is 4. The topological polar surface area (TPSA) is 57.1 Å². The van der Waals surface area contributed by atoms with Crippen molar-refractivity contribution < 1.29 is 4.42 Å². The molecule has 0 spiro atoms. The van der Waals surface area contributed by atoms with Gasteiger partial charge in [0.2, 0.25) is 0 Å². The SMILES string of the molecule is CC(C)(C)c1[nH]ncc1CNCC(c1ccco1)N1CCCC1. The van der Waals surface area contributed by atoms with Gasteiger partial charge in [0, 0.05) is 29.8 Å². The van der Waals surface area contributed by atoms with Gasteiger partial charge in [-0.2, -0.15) is 5.10 Å². The molecule has 0 amide bonds. The molecule has 1 saturated heterocycles. The Hall–Kier alpha value is -1.59. The van der Waals surface area contributed by atoms with Gasteiger partial charge < -0.3 is 9.73 Å². The van der Waals surface area contributed by atoms with E-state index in [1.54, 1.807) is 6.26 Å². The summed E-state index contributed by atoms with van der Waals surface area (Å²) in [7, 11) is 0. The second kappa shape index (κ2) is 6.89. The van der Waals surface area contributed by atoms with Crippen LogP contribution in [-0.2, 0) is 12.0 Å². The van der Waals surface area contributed by atoms with Gasteiger partial charge >= 0.3 is 0 Å². The summed E-state index contributed by atoms with van der Waals surface area (Å²) >= 11 is 0. The molecule has 1 aliphatic rings. The Balaban J connectivity index is 1.63.